The number of aromatic nitrogens is 1. The number of nitrogens with zero attached hydrogens (tertiary/aromatic N) is 2. The van der Waals surface area contributed by atoms with Crippen LogP contribution in [-0.2, 0) is 10.2 Å². The van der Waals surface area contributed by atoms with Crippen LogP contribution in [0.15, 0.2) is 48.8 Å². The molecule has 136 valence electrons. The average Bonchev–Trinajstić information content (AvgIpc) is 3.09. The third-order valence-corrected chi connectivity index (χ3v) is 4.59. The summed E-state index contributed by atoms with van der Waals surface area (Å²) in [6.07, 6.45) is 3.94. The van der Waals surface area contributed by atoms with Crippen LogP contribution in [0.5, 0.6) is 5.75 Å². The van der Waals surface area contributed by atoms with E-state index in [1.54, 1.807) is 41.6 Å². The Hall–Kier alpha value is -2.69. The van der Waals surface area contributed by atoms with Gasteiger partial charge in [-0.15, -0.1) is 0 Å². The molecule has 5 heteroatoms. The van der Waals surface area contributed by atoms with E-state index in [0.29, 0.717) is 25.1 Å². The summed E-state index contributed by atoms with van der Waals surface area (Å²) in [5.74, 6) is -0.201. The Morgan fingerprint density at radius 1 is 1.08 bits per heavy atom. The molecule has 26 heavy (non-hydrogen) atoms. The van der Waals surface area contributed by atoms with Crippen molar-refractivity contribution < 1.29 is 14.3 Å². The van der Waals surface area contributed by atoms with Crippen molar-refractivity contribution in [3.8, 4) is 5.75 Å². The Balaban J connectivity index is 1.61. The molecule has 0 spiro atoms. The van der Waals surface area contributed by atoms with Gasteiger partial charge in [-0.2, -0.15) is 0 Å². The highest BCUT2D eigenvalue weighted by Gasteiger charge is 2.31. The molecule has 1 amide bonds. The van der Waals surface area contributed by atoms with Gasteiger partial charge in [-0.25, -0.2) is 0 Å². The predicted octanol–water partition coefficient (Wildman–Crippen LogP) is 3.24. The van der Waals surface area contributed by atoms with Crippen molar-refractivity contribution in [2.24, 2.45) is 0 Å². The quantitative estimate of drug-likeness (QED) is 0.626. The van der Waals surface area contributed by atoms with Crippen molar-refractivity contribution >= 4 is 11.7 Å². The molecule has 2 heterocycles. The summed E-state index contributed by atoms with van der Waals surface area (Å²) in [6, 6.07) is 10.9. The summed E-state index contributed by atoms with van der Waals surface area (Å²) in [5, 5.41) is 0. The largest absolute Gasteiger partial charge is 0.488 e. The highest BCUT2D eigenvalue weighted by atomic mass is 16.5. The molecule has 0 N–H and O–H groups in total. The topological polar surface area (TPSA) is 59.5 Å². The van der Waals surface area contributed by atoms with Crippen LogP contribution in [0.1, 0.15) is 43.1 Å². The number of likely N-dealkylation sites (tertiary alicyclic amines) is 1. The summed E-state index contributed by atoms with van der Waals surface area (Å²) >= 11 is 0. The molecule has 1 atom stereocenters. The summed E-state index contributed by atoms with van der Waals surface area (Å²) < 4.78 is 5.85. The van der Waals surface area contributed by atoms with Gasteiger partial charge in [0.05, 0.1) is 6.54 Å². The van der Waals surface area contributed by atoms with Gasteiger partial charge in [0.15, 0.2) is 0 Å². The Morgan fingerprint density at radius 2 is 1.73 bits per heavy atom. The van der Waals surface area contributed by atoms with Gasteiger partial charge in [-0.3, -0.25) is 14.6 Å². The zero-order valence-electron chi connectivity index (χ0n) is 15.4. The minimum Gasteiger partial charge on any atom is -0.488 e. The lowest BCUT2D eigenvalue weighted by molar-refractivity contribution is -0.125. The van der Waals surface area contributed by atoms with E-state index in [-0.39, 0.29) is 11.5 Å². The number of carbonyl (C=O) groups is 2. The van der Waals surface area contributed by atoms with Gasteiger partial charge < -0.3 is 9.64 Å². The zero-order valence-corrected chi connectivity index (χ0v) is 15.4. The van der Waals surface area contributed by atoms with Crippen LogP contribution >= 0.6 is 0 Å². The summed E-state index contributed by atoms with van der Waals surface area (Å²) in [4.78, 5) is 30.6. The minimum atomic E-state index is -0.464. The van der Waals surface area contributed by atoms with Crippen LogP contribution in [-0.4, -0.2) is 40.8 Å². The van der Waals surface area contributed by atoms with E-state index in [0.717, 1.165) is 11.3 Å². The molecule has 1 aliphatic rings. The van der Waals surface area contributed by atoms with Crippen LogP contribution in [0.4, 0.5) is 0 Å². The van der Waals surface area contributed by atoms with Crippen LogP contribution in [0.2, 0.25) is 0 Å². The Kier molecular flexibility index (Phi) is 5.07. The fourth-order valence-electron chi connectivity index (χ4n) is 3.01. The molecule has 0 saturated carbocycles. The van der Waals surface area contributed by atoms with Gasteiger partial charge in [-0.1, -0.05) is 45.0 Å². The molecule has 0 radical (unpaired) electrons. The normalized spacial score (nSPS) is 17.2. The maximum absolute atomic E-state index is 12.5. The van der Waals surface area contributed by atoms with E-state index in [2.05, 4.69) is 25.8 Å². The Labute approximate surface area is 154 Å². The van der Waals surface area contributed by atoms with Gasteiger partial charge in [0, 0.05) is 30.9 Å². The first-order chi connectivity index (χ1) is 12.3. The number of carbonyl (C=O) groups excluding carboxylic acids is 2. The molecule has 1 saturated heterocycles. The Morgan fingerprint density at radius 3 is 2.35 bits per heavy atom. The monoisotopic (exact) mass is 352 g/mol. The van der Waals surface area contributed by atoms with Crippen LogP contribution in [0.25, 0.3) is 0 Å². The van der Waals surface area contributed by atoms with E-state index >= 15 is 0 Å². The van der Waals surface area contributed by atoms with E-state index in [1.807, 2.05) is 12.1 Å². The second-order valence-corrected chi connectivity index (χ2v) is 7.62. The molecular formula is C21H24N2O3. The lowest BCUT2D eigenvalue weighted by Crippen LogP contribution is -2.36. The number of ketones is 1. The Bertz CT molecular complexity index is 779. The molecule has 1 fully saturated rings. The van der Waals surface area contributed by atoms with E-state index in [1.165, 1.54) is 0 Å². The first kappa shape index (κ1) is 18.1. The highest BCUT2D eigenvalue weighted by molar-refractivity contribution is 6.42. The molecule has 1 aliphatic heterocycles. The first-order valence-corrected chi connectivity index (χ1v) is 8.85. The number of Topliss-reactive ketones (excluding diaryl/α,β-unsaturated/α-hetero) is 1. The number of rotatable bonds is 4. The molecule has 0 aliphatic carbocycles. The van der Waals surface area contributed by atoms with Gasteiger partial charge in [0.2, 0.25) is 5.78 Å². The fourth-order valence-corrected chi connectivity index (χ4v) is 3.01. The molecule has 3 rings (SSSR count). The molecule has 0 unspecified atom stereocenters. The van der Waals surface area contributed by atoms with Crippen molar-refractivity contribution in [3.05, 3.63) is 59.9 Å². The molecule has 0 bridgehead atoms. The SMILES string of the molecule is CC(C)(C)c1ccc(C(=O)C(=O)N2CC[C@@H](Oc3ccncc3)C2)cc1. The fraction of sp³-hybridized carbons (Fsp3) is 0.381. The summed E-state index contributed by atoms with van der Waals surface area (Å²) in [6.45, 7) is 7.29. The maximum atomic E-state index is 12.5. The molecule has 5 nitrogen and oxygen atoms in total. The predicted molar refractivity (Wildman–Crippen MR) is 99.3 cm³/mol. The molecule has 1 aromatic carbocycles. The molecule has 2 aromatic rings. The van der Waals surface area contributed by atoms with Crippen LogP contribution < -0.4 is 4.74 Å². The van der Waals surface area contributed by atoms with Gasteiger partial charge in [0.1, 0.15) is 11.9 Å². The second-order valence-electron chi connectivity index (χ2n) is 7.62. The van der Waals surface area contributed by atoms with E-state index in [4.69, 9.17) is 4.74 Å². The number of ether oxygens (including phenoxy) is 1. The van der Waals surface area contributed by atoms with Crippen molar-refractivity contribution in [1.29, 1.82) is 0 Å². The summed E-state index contributed by atoms with van der Waals surface area (Å²) in [7, 11) is 0. The number of hydrogen-bond acceptors (Lipinski definition) is 4. The van der Waals surface area contributed by atoms with Crippen molar-refractivity contribution in [2.45, 2.75) is 38.7 Å². The summed E-state index contributed by atoms with van der Waals surface area (Å²) in [5.41, 5.74) is 1.58. The molecule has 1 aromatic heterocycles. The van der Waals surface area contributed by atoms with E-state index in [9.17, 15) is 9.59 Å². The second kappa shape index (κ2) is 7.28. The third kappa shape index (κ3) is 4.10. The van der Waals surface area contributed by atoms with Crippen molar-refractivity contribution in [2.75, 3.05) is 13.1 Å². The number of hydrogen-bond donors (Lipinski definition) is 0. The van der Waals surface area contributed by atoms with Gasteiger partial charge in [0.25, 0.3) is 5.91 Å². The lowest BCUT2D eigenvalue weighted by atomic mass is 9.86. The molecular weight excluding hydrogens is 328 g/mol. The van der Waals surface area contributed by atoms with Crippen molar-refractivity contribution in [3.63, 3.8) is 0 Å². The lowest BCUT2D eigenvalue weighted by Gasteiger charge is -2.19. The van der Waals surface area contributed by atoms with Crippen molar-refractivity contribution in [1.82, 2.24) is 9.88 Å². The zero-order chi connectivity index (χ0) is 18.7. The van der Waals surface area contributed by atoms with E-state index < -0.39 is 11.7 Å². The highest BCUT2D eigenvalue weighted by Crippen LogP contribution is 2.23. The number of pyridine rings is 1. The average molecular weight is 352 g/mol. The first-order valence-electron chi connectivity index (χ1n) is 8.85. The maximum Gasteiger partial charge on any atom is 0.295 e. The van der Waals surface area contributed by atoms with Crippen LogP contribution in [0.3, 0.4) is 0 Å². The minimum absolute atomic E-state index is 0.0120. The van der Waals surface area contributed by atoms with Gasteiger partial charge >= 0.3 is 0 Å². The standard InChI is InChI=1S/C21H24N2O3/c1-21(2,3)16-6-4-15(5-7-16)19(24)20(25)23-13-10-18(14-23)26-17-8-11-22-12-9-17/h4-9,11-12,18H,10,13-14H2,1-3H3/t18-/m1/s1. The van der Waals surface area contributed by atoms with Gasteiger partial charge in [-0.05, 0) is 23.1 Å². The number of amides is 1. The third-order valence-electron chi connectivity index (χ3n) is 4.59. The smallest absolute Gasteiger partial charge is 0.295 e. The number of benzene rings is 1. The van der Waals surface area contributed by atoms with Crippen LogP contribution in [0, 0.1) is 0 Å².